The van der Waals surface area contributed by atoms with E-state index in [4.69, 9.17) is 0 Å². The third-order valence-corrected chi connectivity index (χ3v) is 6.62. The Labute approximate surface area is 186 Å². The Hall–Kier alpha value is -3.70. The van der Waals surface area contributed by atoms with Gasteiger partial charge in [-0.05, 0) is 55.0 Å². The molecule has 0 aliphatic rings. The minimum Gasteiger partial charge on any atom is -0.337 e. The van der Waals surface area contributed by atoms with Crippen molar-refractivity contribution in [2.75, 3.05) is 10.0 Å². The monoisotopic (exact) mass is 466 g/mol. The Morgan fingerprint density at radius 1 is 0.844 bits per heavy atom. The molecule has 0 bridgehead atoms. The minimum atomic E-state index is -4.26. The molecule has 0 atom stereocenters. The summed E-state index contributed by atoms with van der Waals surface area (Å²) < 4.78 is 51.0. The molecule has 0 saturated carbocycles. The lowest BCUT2D eigenvalue weighted by Crippen LogP contribution is -2.17. The van der Waals surface area contributed by atoms with Gasteiger partial charge in [-0.15, -0.1) is 0 Å². The summed E-state index contributed by atoms with van der Waals surface area (Å²) in [5, 5.41) is 3.09. The smallest absolute Gasteiger partial charge is 0.266 e. The molecule has 11 heteroatoms. The van der Waals surface area contributed by atoms with Crippen LogP contribution in [0.2, 0.25) is 0 Å². The lowest BCUT2D eigenvalue weighted by molar-refractivity contribution is 0.569. The van der Waals surface area contributed by atoms with Gasteiger partial charge in [0, 0.05) is 5.69 Å². The molecule has 2 aromatic heterocycles. The van der Waals surface area contributed by atoms with Crippen LogP contribution in [-0.2, 0) is 10.0 Å². The summed E-state index contributed by atoms with van der Waals surface area (Å²) in [4.78, 5) is 8.47. The molecule has 0 aliphatic carbocycles. The number of hydrogen-bond acceptors (Lipinski definition) is 8. The summed E-state index contributed by atoms with van der Waals surface area (Å²) in [5.41, 5.74) is 3.73. The number of rotatable bonds is 5. The zero-order valence-electron chi connectivity index (χ0n) is 16.6. The van der Waals surface area contributed by atoms with Crippen LogP contribution in [0.5, 0.6) is 0 Å². The second kappa shape index (κ2) is 7.77. The Balaban J connectivity index is 1.59. The van der Waals surface area contributed by atoms with Gasteiger partial charge in [0.2, 0.25) is 0 Å². The second-order valence-electron chi connectivity index (χ2n) is 7.04. The van der Waals surface area contributed by atoms with Crippen LogP contribution < -0.4 is 10.0 Å². The van der Waals surface area contributed by atoms with Crippen LogP contribution in [-0.4, -0.2) is 27.1 Å². The van der Waals surface area contributed by atoms with Crippen LogP contribution in [0.25, 0.3) is 22.1 Å². The molecular formula is C21H15FN6O2S2. The van der Waals surface area contributed by atoms with E-state index in [1.807, 2.05) is 0 Å². The molecule has 2 heterocycles. The highest BCUT2D eigenvalue weighted by Crippen LogP contribution is 2.29. The zero-order valence-corrected chi connectivity index (χ0v) is 18.2. The van der Waals surface area contributed by atoms with Crippen LogP contribution in [0, 0.1) is 12.7 Å². The molecular weight excluding hydrogens is 451 g/mol. The van der Waals surface area contributed by atoms with E-state index in [2.05, 4.69) is 28.8 Å². The summed E-state index contributed by atoms with van der Waals surface area (Å²) >= 11 is 1.10. The zero-order chi connectivity index (χ0) is 22.3. The van der Waals surface area contributed by atoms with Crippen molar-refractivity contribution in [1.82, 2.24) is 18.7 Å². The molecule has 3 aromatic carbocycles. The van der Waals surface area contributed by atoms with Gasteiger partial charge in [-0.2, -0.15) is 8.75 Å². The van der Waals surface area contributed by atoms with E-state index in [0.717, 1.165) is 23.3 Å². The van der Waals surface area contributed by atoms with Gasteiger partial charge in [0.15, 0.2) is 11.6 Å². The van der Waals surface area contributed by atoms with Crippen LogP contribution in [0.4, 0.5) is 21.7 Å². The van der Waals surface area contributed by atoms with Crippen molar-refractivity contribution in [2.45, 2.75) is 11.8 Å². The van der Waals surface area contributed by atoms with Crippen molar-refractivity contribution in [3.8, 4) is 0 Å². The van der Waals surface area contributed by atoms with Gasteiger partial charge in [-0.1, -0.05) is 18.2 Å². The van der Waals surface area contributed by atoms with Gasteiger partial charge in [-0.3, -0.25) is 4.72 Å². The molecule has 2 N–H and O–H groups in total. The molecule has 8 nitrogen and oxygen atoms in total. The molecule has 0 fully saturated rings. The van der Waals surface area contributed by atoms with Crippen molar-refractivity contribution in [3.05, 3.63) is 72.0 Å². The molecule has 0 unspecified atom stereocenters. The maximum atomic E-state index is 14.4. The van der Waals surface area contributed by atoms with E-state index in [-0.39, 0.29) is 11.6 Å². The summed E-state index contributed by atoms with van der Waals surface area (Å²) in [5.74, 6) is -0.732. The van der Waals surface area contributed by atoms with Gasteiger partial charge in [-0.25, -0.2) is 22.8 Å². The lowest BCUT2D eigenvalue weighted by atomic mass is 10.2. The molecule has 160 valence electrons. The predicted molar refractivity (Wildman–Crippen MR) is 122 cm³/mol. The minimum absolute atomic E-state index is 0.0554. The first-order chi connectivity index (χ1) is 15.4. The third kappa shape index (κ3) is 3.83. The first kappa shape index (κ1) is 20.2. The number of anilines is 3. The highest BCUT2D eigenvalue weighted by Gasteiger charge is 2.22. The fourth-order valence-corrected chi connectivity index (χ4v) is 4.75. The highest BCUT2D eigenvalue weighted by atomic mass is 32.2. The second-order valence-corrected chi connectivity index (χ2v) is 9.22. The molecule has 0 saturated heterocycles. The summed E-state index contributed by atoms with van der Waals surface area (Å²) in [7, 11) is -4.26. The third-order valence-electron chi connectivity index (χ3n) is 4.69. The summed E-state index contributed by atoms with van der Waals surface area (Å²) in [6, 6.07) is 16.3. The van der Waals surface area contributed by atoms with E-state index in [1.165, 1.54) is 12.1 Å². The van der Waals surface area contributed by atoms with E-state index < -0.39 is 20.7 Å². The van der Waals surface area contributed by atoms with Crippen molar-refractivity contribution in [2.24, 2.45) is 0 Å². The van der Waals surface area contributed by atoms with Crippen LogP contribution in [0.15, 0.2) is 65.6 Å². The van der Waals surface area contributed by atoms with Crippen LogP contribution in [0.1, 0.15) is 5.56 Å². The van der Waals surface area contributed by atoms with E-state index >= 15 is 0 Å². The largest absolute Gasteiger partial charge is 0.337 e. The van der Waals surface area contributed by atoms with Crippen molar-refractivity contribution >= 4 is 61.1 Å². The van der Waals surface area contributed by atoms with Gasteiger partial charge in [0.25, 0.3) is 10.0 Å². The lowest BCUT2D eigenvalue weighted by Gasteiger charge is -2.14. The van der Waals surface area contributed by atoms with Gasteiger partial charge >= 0.3 is 0 Å². The van der Waals surface area contributed by atoms with Crippen molar-refractivity contribution < 1.29 is 12.8 Å². The van der Waals surface area contributed by atoms with Gasteiger partial charge < -0.3 is 5.32 Å². The number of nitrogens with one attached hydrogen (secondary N) is 2. The first-order valence-corrected chi connectivity index (χ1v) is 11.7. The van der Waals surface area contributed by atoms with E-state index in [9.17, 15) is 12.8 Å². The van der Waals surface area contributed by atoms with Crippen LogP contribution >= 0.6 is 11.7 Å². The standard InChI is InChI=1S/C21H15FN6O2S2/c1-12-6-9-19(14(22)10-12)32(29,30)28-21-20(24-15-4-2-3-5-16(15)25-21)23-13-7-8-17-18(11-13)27-31-26-17/h2-11H,1H3,(H,23,24)(H,25,28). The number of halogens is 1. The number of nitrogens with zero attached hydrogens (tertiary/aromatic N) is 4. The molecule has 5 aromatic rings. The molecule has 0 spiro atoms. The number of hydrogen-bond donors (Lipinski definition) is 2. The Kier molecular flexibility index (Phi) is 4.91. The number of aromatic nitrogens is 4. The average Bonchev–Trinajstić information content (AvgIpc) is 3.21. The predicted octanol–water partition coefficient (Wildman–Crippen LogP) is 4.63. The van der Waals surface area contributed by atoms with Crippen molar-refractivity contribution in [3.63, 3.8) is 0 Å². The molecule has 0 amide bonds. The Morgan fingerprint density at radius 2 is 1.56 bits per heavy atom. The normalized spacial score (nSPS) is 11.7. The maximum absolute atomic E-state index is 14.4. The summed E-state index contributed by atoms with van der Waals surface area (Å²) in [6.07, 6.45) is 0. The number of fused-ring (bicyclic) bond motifs is 2. The Bertz CT molecular complexity index is 1590. The summed E-state index contributed by atoms with van der Waals surface area (Å²) in [6.45, 7) is 1.68. The topological polar surface area (TPSA) is 110 Å². The van der Waals surface area contributed by atoms with Gasteiger partial charge in [0.1, 0.15) is 21.7 Å². The molecule has 0 aliphatic heterocycles. The van der Waals surface area contributed by atoms with Gasteiger partial charge in [0.05, 0.1) is 22.8 Å². The number of sulfonamides is 1. The average molecular weight is 467 g/mol. The molecule has 0 radical (unpaired) electrons. The first-order valence-electron chi connectivity index (χ1n) is 9.44. The Morgan fingerprint density at radius 3 is 2.31 bits per heavy atom. The fraction of sp³-hybridized carbons (Fsp3) is 0.0476. The molecule has 5 rings (SSSR count). The van der Waals surface area contributed by atoms with E-state index in [1.54, 1.807) is 49.4 Å². The fourth-order valence-electron chi connectivity index (χ4n) is 3.16. The number of para-hydroxylation sites is 2. The number of benzene rings is 3. The number of aryl methyl sites for hydroxylation is 1. The van der Waals surface area contributed by atoms with Crippen LogP contribution in [0.3, 0.4) is 0 Å². The molecule has 32 heavy (non-hydrogen) atoms. The quantitative estimate of drug-likeness (QED) is 0.389. The maximum Gasteiger partial charge on any atom is 0.266 e. The SMILES string of the molecule is Cc1ccc(S(=O)(=O)Nc2nc3ccccc3nc2Nc2ccc3nsnc3c2)c(F)c1. The van der Waals surface area contributed by atoms with E-state index in [0.29, 0.717) is 27.8 Å². The highest BCUT2D eigenvalue weighted by molar-refractivity contribution is 7.92. The van der Waals surface area contributed by atoms with Crippen molar-refractivity contribution in [1.29, 1.82) is 0 Å².